The van der Waals surface area contributed by atoms with Crippen molar-refractivity contribution < 1.29 is 14.3 Å². The first-order valence-corrected chi connectivity index (χ1v) is 8.45. The second-order valence-corrected chi connectivity index (χ2v) is 6.42. The summed E-state index contributed by atoms with van der Waals surface area (Å²) in [5.74, 6) is 0.443. The van der Waals surface area contributed by atoms with Gasteiger partial charge in [-0.05, 0) is 42.8 Å². The van der Waals surface area contributed by atoms with E-state index in [1.807, 2.05) is 55.5 Å². The Labute approximate surface area is 154 Å². The Hall–Kier alpha value is -2.66. The summed E-state index contributed by atoms with van der Waals surface area (Å²) in [6.07, 6.45) is 5.19. The molecule has 0 atom stereocenters. The van der Waals surface area contributed by atoms with Gasteiger partial charge in [0, 0.05) is 16.1 Å². The maximum Gasteiger partial charge on any atom is 0.363 e. The lowest BCUT2D eigenvalue weighted by atomic mass is 10.1. The van der Waals surface area contributed by atoms with Gasteiger partial charge in [0.1, 0.15) is 5.75 Å². The molecule has 2 aromatic carbocycles. The third kappa shape index (κ3) is 4.25. The average molecular weight is 398 g/mol. The number of hydrogen-bond acceptors (Lipinski definition) is 4. The van der Waals surface area contributed by atoms with Gasteiger partial charge in [0.05, 0.1) is 7.11 Å². The van der Waals surface area contributed by atoms with Crippen LogP contribution < -0.4 is 4.74 Å². The Kier molecular flexibility index (Phi) is 5.14. The van der Waals surface area contributed by atoms with E-state index in [1.54, 1.807) is 19.3 Å². The first-order valence-electron chi connectivity index (χ1n) is 7.66. The predicted octanol–water partition coefficient (Wildman–Crippen LogP) is 4.78. The number of cyclic esters (lactones) is 1. The molecule has 0 radical (unpaired) electrons. The summed E-state index contributed by atoms with van der Waals surface area (Å²) in [5.41, 5.74) is 3.18. The van der Waals surface area contributed by atoms with Crippen molar-refractivity contribution in [1.82, 2.24) is 0 Å². The van der Waals surface area contributed by atoms with Gasteiger partial charge in [-0.25, -0.2) is 9.79 Å². The minimum Gasteiger partial charge on any atom is -0.496 e. The number of nitrogens with zero attached hydrogens (tertiary/aromatic N) is 1. The highest BCUT2D eigenvalue weighted by atomic mass is 79.9. The highest BCUT2D eigenvalue weighted by Crippen LogP contribution is 2.27. The van der Waals surface area contributed by atoms with Crippen LogP contribution in [-0.4, -0.2) is 19.0 Å². The van der Waals surface area contributed by atoms with Crippen LogP contribution in [0.4, 0.5) is 0 Å². The van der Waals surface area contributed by atoms with Gasteiger partial charge < -0.3 is 9.47 Å². The second-order valence-electron chi connectivity index (χ2n) is 5.50. The largest absolute Gasteiger partial charge is 0.496 e. The molecule has 2 aromatic rings. The smallest absolute Gasteiger partial charge is 0.363 e. The van der Waals surface area contributed by atoms with Crippen LogP contribution in [-0.2, 0) is 9.53 Å². The van der Waals surface area contributed by atoms with Gasteiger partial charge in [0.15, 0.2) is 5.70 Å². The molecule has 0 saturated heterocycles. The number of carbonyl (C=O) groups is 1. The highest BCUT2D eigenvalue weighted by molar-refractivity contribution is 9.10. The fourth-order valence-corrected chi connectivity index (χ4v) is 2.69. The Morgan fingerprint density at radius 3 is 2.60 bits per heavy atom. The normalized spacial score (nSPS) is 15.6. The summed E-state index contributed by atoms with van der Waals surface area (Å²) in [4.78, 5) is 16.3. The van der Waals surface area contributed by atoms with Crippen LogP contribution in [0.25, 0.3) is 12.2 Å². The molecule has 0 aromatic heterocycles. The molecule has 25 heavy (non-hydrogen) atoms. The van der Waals surface area contributed by atoms with E-state index in [9.17, 15) is 4.79 Å². The Bertz CT molecular complexity index is 896. The topological polar surface area (TPSA) is 47.9 Å². The maximum atomic E-state index is 12.0. The van der Waals surface area contributed by atoms with E-state index in [-0.39, 0.29) is 11.6 Å². The van der Waals surface area contributed by atoms with Crippen LogP contribution in [0, 0.1) is 6.92 Å². The molecule has 0 saturated carbocycles. The van der Waals surface area contributed by atoms with Crippen molar-refractivity contribution in [2.75, 3.05) is 7.11 Å². The molecule has 0 spiro atoms. The van der Waals surface area contributed by atoms with E-state index >= 15 is 0 Å². The first kappa shape index (κ1) is 17.2. The third-order valence-electron chi connectivity index (χ3n) is 3.62. The molecule has 0 amide bonds. The molecule has 1 aliphatic rings. The molecular weight excluding hydrogens is 382 g/mol. The zero-order chi connectivity index (χ0) is 17.8. The Morgan fingerprint density at radius 1 is 1.12 bits per heavy atom. The lowest BCUT2D eigenvalue weighted by Gasteiger charge is -2.04. The number of rotatable bonds is 4. The third-order valence-corrected chi connectivity index (χ3v) is 4.11. The number of aryl methyl sites for hydroxylation is 1. The van der Waals surface area contributed by atoms with Crippen molar-refractivity contribution in [3.63, 3.8) is 0 Å². The van der Waals surface area contributed by atoms with E-state index in [0.29, 0.717) is 5.75 Å². The first-order chi connectivity index (χ1) is 12.0. The van der Waals surface area contributed by atoms with Gasteiger partial charge in [-0.2, -0.15) is 0 Å². The van der Waals surface area contributed by atoms with Crippen molar-refractivity contribution in [3.05, 3.63) is 75.4 Å². The van der Waals surface area contributed by atoms with Crippen LogP contribution in [0.3, 0.4) is 0 Å². The Balaban J connectivity index is 1.85. The maximum absolute atomic E-state index is 12.0. The van der Waals surface area contributed by atoms with E-state index in [4.69, 9.17) is 9.47 Å². The van der Waals surface area contributed by atoms with Crippen molar-refractivity contribution in [3.8, 4) is 5.75 Å². The number of carbonyl (C=O) groups excluding carboxylic acids is 1. The molecule has 0 fully saturated rings. The summed E-state index contributed by atoms with van der Waals surface area (Å²) in [7, 11) is 1.58. The quantitative estimate of drug-likeness (QED) is 0.550. The summed E-state index contributed by atoms with van der Waals surface area (Å²) >= 11 is 3.41. The van der Waals surface area contributed by atoms with Crippen molar-refractivity contribution in [2.45, 2.75) is 6.92 Å². The molecule has 0 aliphatic carbocycles. The lowest BCUT2D eigenvalue weighted by molar-refractivity contribution is -0.129. The molecule has 0 unspecified atom stereocenters. The summed E-state index contributed by atoms with van der Waals surface area (Å²) in [6, 6.07) is 13.6. The number of ether oxygens (including phenoxy) is 2. The second kappa shape index (κ2) is 7.49. The summed E-state index contributed by atoms with van der Waals surface area (Å²) < 4.78 is 11.4. The van der Waals surface area contributed by atoms with E-state index < -0.39 is 5.97 Å². The average Bonchev–Trinajstić information content (AvgIpc) is 2.94. The molecule has 0 bridgehead atoms. The number of benzene rings is 2. The number of esters is 1. The molecule has 0 N–H and O–H groups in total. The van der Waals surface area contributed by atoms with Gasteiger partial charge in [0.25, 0.3) is 0 Å². The zero-order valence-corrected chi connectivity index (χ0v) is 15.4. The van der Waals surface area contributed by atoms with E-state index in [2.05, 4.69) is 20.9 Å². The molecule has 3 rings (SSSR count). The number of hydrogen-bond donors (Lipinski definition) is 0. The number of aliphatic imine (C=N–C) groups is 1. The predicted molar refractivity (Wildman–Crippen MR) is 102 cm³/mol. The van der Waals surface area contributed by atoms with Crippen LogP contribution in [0.1, 0.15) is 16.7 Å². The van der Waals surface area contributed by atoms with E-state index in [0.717, 1.165) is 15.6 Å². The van der Waals surface area contributed by atoms with Gasteiger partial charge in [-0.3, -0.25) is 0 Å². The van der Waals surface area contributed by atoms with Crippen molar-refractivity contribution >= 4 is 39.9 Å². The summed E-state index contributed by atoms with van der Waals surface area (Å²) in [6.45, 7) is 2.03. The van der Waals surface area contributed by atoms with E-state index in [1.165, 1.54) is 5.56 Å². The fourth-order valence-electron chi connectivity index (χ4n) is 2.31. The standard InChI is InChI=1S/C20H16BrNO3/c1-13-3-5-14(6-4-13)7-10-19-22-17(20(23)25-19)12-15-11-16(21)8-9-18(15)24-2/h3-12H,1-2H3. The number of halogens is 1. The molecule has 1 aliphatic heterocycles. The van der Waals surface area contributed by atoms with Crippen LogP contribution in [0.2, 0.25) is 0 Å². The summed E-state index contributed by atoms with van der Waals surface area (Å²) in [5, 5.41) is 0. The molecule has 4 nitrogen and oxygen atoms in total. The molecular formula is C20H16BrNO3. The molecule has 5 heteroatoms. The van der Waals surface area contributed by atoms with Gasteiger partial charge in [0.2, 0.25) is 5.90 Å². The molecule has 1 heterocycles. The van der Waals surface area contributed by atoms with Gasteiger partial charge >= 0.3 is 5.97 Å². The van der Waals surface area contributed by atoms with Crippen LogP contribution in [0.5, 0.6) is 5.75 Å². The number of methoxy groups -OCH3 is 1. The monoisotopic (exact) mass is 397 g/mol. The minimum absolute atomic E-state index is 0.236. The lowest BCUT2D eigenvalue weighted by Crippen LogP contribution is -2.01. The van der Waals surface area contributed by atoms with Crippen LogP contribution >= 0.6 is 15.9 Å². The Morgan fingerprint density at radius 2 is 1.88 bits per heavy atom. The highest BCUT2D eigenvalue weighted by Gasteiger charge is 2.21. The minimum atomic E-state index is -0.481. The SMILES string of the molecule is COc1ccc(Br)cc1C=C1N=C(C=Cc2ccc(C)cc2)OC1=O. The van der Waals surface area contributed by atoms with Gasteiger partial charge in [-0.1, -0.05) is 45.8 Å². The van der Waals surface area contributed by atoms with Gasteiger partial charge in [-0.15, -0.1) is 0 Å². The molecule has 126 valence electrons. The zero-order valence-electron chi connectivity index (χ0n) is 13.8. The van der Waals surface area contributed by atoms with Crippen molar-refractivity contribution in [2.24, 2.45) is 4.99 Å². The fraction of sp³-hybridized carbons (Fsp3) is 0.100. The van der Waals surface area contributed by atoms with Crippen LogP contribution in [0.15, 0.2) is 63.7 Å². The van der Waals surface area contributed by atoms with Crippen molar-refractivity contribution in [1.29, 1.82) is 0 Å².